The minimum atomic E-state index is -0.131. The molecule has 96 valence electrons. The second-order valence-electron chi connectivity index (χ2n) is 4.34. The van der Waals surface area contributed by atoms with Gasteiger partial charge in [0.15, 0.2) is 11.5 Å². The Labute approximate surface area is 107 Å². The highest BCUT2D eigenvalue weighted by Crippen LogP contribution is 2.32. The molecule has 18 heavy (non-hydrogen) atoms. The van der Waals surface area contributed by atoms with Crippen molar-refractivity contribution >= 4 is 5.91 Å². The van der Waals surface area contributed by atoms with Gasteiger partial charge < -0.3 is 14.8 Å². The Morgan fingerprint density at radius 2 is 2.28 bits per heavy atom. The Kier molecular flexibility index (Phi) is 3.87. The smallest absolute Gasteiger partial charge is 0.243 e. The molecule has 1 atom stereocenters. The Hall–Kier alpha value is -1.97. The predicted octanol–water partition coefficient (Wildman–Crippen LogP) is 2.04. The summed E-state index contributed by atoms with van der Waals surface area (Å²) in [5.41, 5.74) is 1.18. The highest BCUT2D eigenvalue weighted by molar-refractivity contribution is 5.87. The standard InChI is InChI=1S/C14H17NO3/c1-3-14(16)15-10(2)4-5-11-6-7-12-13(8-11)18-9-17-12/h3,6-8,10H,1,4-5,9H2,2H3,(H,15,16). The van der Waals surface area contributed by atoms with E-state index in [1.165, 1.54) is 11.6 Å². The molecule has 0 aliphatic carbocycles. The first-order valence-electron chi connectivity index (χ1n) is 6.00. The van der Waals surface area contributed by atoms with Gasteiger partial charge in [-0.2, -0.15) is 0 Å². The van der Waals surface area contributed by atoms with E-state index in [9.17, 15) is 4.79 Å². The summed E-state index contributed by atoms with van der Waals surface area (Å²) < 4.78 is 10.6. The molecule has 1 amide bonds. The zero-order chi connectivity index (χ0) is 13.0. The van der Waals surface area contributed by atoms with Gasteiger partial charge >= 0.3 is 0 Å². The number of carbonyl (C=O) groups is 1. The molecule has 1 N–H and O–H groups in total. The van der Waals surface area contributed by atoms with Gasteiger partial charge in [0.1, 0.15) is 0 Å². The number of amides is 1. The van der Waals surface area contributed by atoms with Crippen LogP contribution in [0.4, 0.5) is 0 Å². The van der Waals surface area contributed by atoms with Crippen LogP contribution in [0, 0.1) is 0 Å². The van der Waals surface area contributed by atoms with Crippen LogP contribution in [0.1, 0.15) is 18.9 Å². The molecule has 2 rings (SSSR count). The molecule has 1 aliphatic heterocycles. The minimum absolute atomic E-state index is 0.126. The van der Waals surface area contributed by atoms with E-state index in [4.69, 9.17) is 9.47 Å². The van der Waals surface area contributed by atoms with Crippen LogP contribution < -0.4 is 14.8 Å². The van der Waals surface area contributed by atoms with Crippen LogP contribution in [0.2, 0.25) is 0 Å². The Balaban J connectivity index is 1.86. The summed E-state index contributed by atoms with van der Waals surface area (Å²) in [6, 6.07) is 6.06. The van der Waals surface area contributed by atoms with Crippen LogP contribution in [0.5, 0.6) is 11.5 Å². The summed E-state index contributed by atoms with van der Waals surface area (Å²) in [6.45, 7) is 5.71. The fraction of sp³-hybridized carbons (Fsp3) is 0.357. The second kappa shape index (κ2) is 5.58. The third-order valence-corrected chi connectivity index (χ3v) is 2.88. The van der Waals surface area contributed by atoms with E-state index in [0.717, 1.165) is 24.3 Å². The van der Waals surface area contributed by atoms with Crippen LogP contribution in [0.15, 0.2) is 30.9 Å². The molecule has 1 aromatic carbocycles. The van der Waals surface area contributed by atoms with Crippen LogP contribution in [-0.4, -0.2) is 18.7 Å². The van der Waals surface area contributed by atoms with Crippen molar-refractivity contribution in [2.24, 2.45) is 0 Å². The largest absolute Gasteiger partial charge is 0.454 e. The molecule has 1 heterocycles. The zero-order valence-electron chi connectivity index (χ0n) is 10.4. The van der Waals surface area contributed by atoms with Crippen LogP contribution in [0.3, 0.4) is 0 Å². The molecular weight excluding hydrogens is 230 g/mol. The van der Waals surface area contributed by atoms with Crippen LogP contribution in [0.25, 0.3) is 0 Å². The molecule has 0 bridgehead atoms. The topological polar surface area (TPSA) is 47.6 Å². The molecule has 4 heteroatoms. The van der Waals surface area contributed by atoms with Crippen molar-refractivity contribution in [2.45, 2.75) is 25.8 Å². The summed E-state index contributed by atoms with van der Waals surface area (Å²) in [5, 5.41) is 2.84. The number of hydrogen-bond acceptors (Lipinski definition) is 3. The van der Waals surface area contributed by atoms with Crippen molar-refractivity contribution in [1.29, 1.82) is 0 Å². The van der Waals surface area contributed by atoms with E-state index >= 15 is 0 Å². The number of hydrogen-bond donors (Lipinski definition) is 1. The lowest BCUT2D eigenvalue weighted by atomic mass is 10.1. The highest BCUT2D eigenvalue weighted by Gasteiger charge is 2.13. The fourth-order valence-electron chi connectivity index (χ4n) is 1.85. The number of ether oxygens (including phenoxy) is 2. The number of benzene rings is 1. The van der Waals surface area contributed by atoms with Gasteiger partial charge in [0, 0.05) is 6.04 Å². The number of nitrogens with one attached hydrogen (secondary N) is 1. The third kappa shape index (κ3) is 3.03. The number of aryl methyl sites for hydroxylation is 1. The molecule has 1 aliphatic rings. The van der Waals surface area contributed by atoms with Gasteiger partial charge in [0.05, 0.1) is 0 Å². The first-order chi connectivity index (χ1) is 8.69. The quantitative estimate of drug-likeness (QED) is 0.810. The van der Waals surface area contributed by atoms with E-state index in [0.29, 0.717) is 6.79 Å². The normalized spacial score (nSPS) is 14.1. The Bertz CT molecular complexity index is 456. The molecular formula is C14H17NO3. The number of carbonyl (C=O) groups excluding carboxylic acids is 1. The molecule has 0 fully saturated rings. The molecule has 1 aromatic rings. The lowest BCUT2D eigenvalue weighted by Gasteiger charge is -2.12. The zero-order valence-corrected chi connectivity index (χ0v) is 10.4. The molecule has 0 saturated heterocycles. The molecule has 0 radical (unpaired) electrons. The summed E-state index contributed by atoms with van der Waals surface area (Å²) in [4.78, 5) is 11.1. The van der Waals surface area contributed by atoms with Crippen molar-refractivity contribution in [2.75, 3.05) is 6.79 Å². The van der Waals surface area contributed by atoms with Gasteiger partial charge in [0.25, 0.3) is 0 Å². The van der Waals surface area contributed by atoms with Crippen molar-refractivity contribution in [3.05, 3.63) is 36.4 Å². The summed E-state index contributed by atoms with van der Waals surface area (Å²) in [5.74, 6) is 1.47. The maximum Gasteiger partial charge on any atom is 0.243 e. The monoisotopic (exact) mass is 247 g/mol. The van der Waals surface area contributed by atoms with Gasteiger partial charge in [-0.1, -0.05) is 12.6 Å². The van der Waals surface area contributed by atoms with Crippen molar-refractivity contribution in [1.82, 2.24) is 5.32 Å². The van der Waals surface area contributed by atoms with Gasteiger partial charge in [-0.25, -0.2) is 0 Å². The van der Waals surface area contributed by atoms with Gasteiger partial charge in [-0.15, -0.1) is 0 Å². The lowest BCUT2D eigenvalue weighted by molar-refractivity contribution is -0.117. The van der Waals surface area contributed by atoms with Gasteiger partial charge in [-0.3, -0.25) is 4.79 Å². The first kappa shape index (κ1) is 12.5. The summed E-state index contributed by atoms with van der Waals surface area (Å²) >= 11 is 0. The maximum absolute atomic E-state index is 11.1. The van der Waals surface area contributed by atoms with E-state index in [2.05, 4.69) is 11.9 Å². The molecule has 1 unspecified atom stereocenters. The van der Waals surface area contributed by atoms with Crippen LogP contribution >= 0.6 is 0 Å². The summed E-state index contributed by atoms with van der Waals surface area (Å²) in [7, 11) is 0. The maximum atomic E-state index is 11.1. The minimum Gasteiger partial charge on any atom is -0.454 e. The molecule has 4 nitrogen and oxygen atoms in total. The van der Waals surface area contributed by atoms with E-state index in [-0.39, 0.29) is 11.9 Å². The average Bonchev–Trinajstić information content (AvgIpc) is 2.83. The van der Waals surface area contributed by atoms with Gasteiger partial charge in [-0.05, 0) is 43.5 Å². The van der Waals surface area contributed by atoms with Crippen LogP contribution in [-0.2, 0) is 11.2 Å². The van der Waals surface area contributed by atoms with E-state index in [1.807, 2.05) is 25.1 Å². The Morgan fingerprint density at radius 1 is 1.50 bits per heavy atom. The molecule has 0 spiro atoms. The predicted molar refractivity (Wildman–Crippen MR) is 68.7 cm³/mol. The number of fused-ring (bicyclic) bond motifs is 1. The SMILES string of the molecule is C=CC(=O)NC(C)CCc1ccc2c(c1)OCO2. The Morgan fingerprint density at radius 3 is 3.06 bits per heavy atom. The first-order valence-corrected chi connectivity index (χ1v) is 6.00. The van der Waals surface area contributed by atoms with Gasteiger partial charge in [0.2, 0.25) is 12.7 Å². The van der Waals surface area contributed by atoms with Crippen molar-refractivity contribution in [3.8, 4) is 11.5 Å². The fourth-order valence-corrected chi connectivity index (χ4v) is 1.85. The van der Waals surface area contributed by atoms with E-state index < -0.39 is 0 Å². The highest BCUT2D eigenvalue weighted by atomic mass is 16.7. The van der Waals surface area contributed by atoms with Crippen molar-refractivity contribution in [3.63, 3.8) is 0 Å². The second-order valence-corrected chi connectivity index (χ2v) is 4.34. The van der Waals surface area contributed by atoms with E-state index in [1.54, 1.807) is 0 Å². The molecule has 0 aromatic heterocycles. The summed E-state index contributed by atoms with van der Waals surface area (Å²) in [6.07, 6.45) is 3.05. The third-order valence-electron chi connectivity index (χ3n) is 2.88. The molecule has 0 saturated carbocycles. The lowest BCUT2D eigenvalue weighted by Crippen LogP contribution is -2.31. The average molecular weight is 247 g/mol. The van der Waals surface area contributed by atoms with Crippen molar-refractivity contribution < 1.29 is 14.3 Å². The number of rotatable bonds is 5.